The maximum absolute atomic E-state index is 12.7. The van der Waals surface area contributed by atoms with E-state index in [9.17, 15) is 9.59 Å². The van der Waals surface area contributed by atoms with Crippen LogP contribution in [0, 0.1) is 6.92 Å². The lowest BCUT2D eigenvalue weighted by Gasteiger charge is -2.15. The Bertz CT molecular complexity index is 906. The monoisotopic (exact) mass is 370 g/mol. The molecule has 0 aromatic heterocycles. The summed E-state index contributed by atoms with van der Waals surface area (Å²) < 4.78 is 5.75. The Labute approximate surface area is 157 Å². The first kappa shape index (κ1) is 18.0. The van der Waals surface area contributed by atoms with Gasteiger partial charge >= 0.3 is 0 Å². The van der Waals surface area contributed by atoms with Crippen molar-refractivity contribution >= 4 is 35.2 Å². The molecule has 1 heterocycles. The van der Waals surface area contributed by atoms with Crippen molar-refractivity contribution in [2.45, 2.75) is 26.9 Å². The van der Waals surface area contributed by atoms with E-state index in [1.54, 1.807) is 36.4 Å². The molecule has 1 aliphatic rings. The second-order valence-electron chi connectivity index (χ2n) is 6.28. The molecule has 5 nitrogen and oxygen atoms in total. The van der Waals surface area contributed by atoms with Gasteiger partial charge in [0.25, 0.3) is 11.8 Å². The van der Waals surface area contributed by atoms with Crippen LogP contribution in [0.15, 0.2) is 48.0 Å². The Morgan fingerprint density at radius 3 is 2.58 bits per heavy atom. The Kier molecular flexibility index (Phi) is 5.00. The molecule has 0 spiro atoms. The molecule has 0 radical (unpaired) electrons. The number of hydrogen-bond acceptors (Lipinski definition) is 3. The van der Waals surface area contributed by atoms with Crippen molar-refractivity contribution in [1.29, 1.82) is 0 Å². The maximum atomic E-state index is 12.7. The molecular weight excluding hydrogens is 352 g/mol. The van der Waals surface area contributed by atoms with Gasteiger partial charge in [-0.3, -0.25) is 15.0 Å². The van der Waals surface area contributed by atoms with Crippen LogP contribution < -0.4 is 15.2 Å². The second-order valence-corrected chi connectivity index (χ2v) is 6.68. The van der Waals surface area contributed by atoms with E-state index in [0.29, 0.717) is 22.0 Å². The van der Waals surface area contributed by atoms with Gasteiger partial charge in [0.05, 0.1) is 11.8 Å². The number of benzene rings is 2. The SMILES string of the molecule is Cc1ccc(N2NC(=O)C(=Cc3ccccc3OC(C)C)C2=O)cc1Cl. The number of halogens is 1. The number of hydrogen-bond donors (Lipinski definition) is 1. The Hall–Kier alpha value is -2.79. The summed E-state index contributed by atoms with van der Waals surface area (Å²) in [6.07, 6.45) is 1.53. The van der Waals surface area contributed by atoms with Crippen molar-refractivity contribution in [2.75, 3.05) is 5.01 Å². The van der Waals surface area contributed by atoms with Crippen LogP contribution in [0.25, 0.3) is 6.08 Å². The quantitative estimate of drug-likeness (QED) is 0.656. The number of ether oxygens (including phenoxy) is 1. The lowest BCUT2D eigenvalue weighted by atomic mass is 10.1. The van der Waals surface area contributed by atoms with E-state index in [0.717, 1.165) is 5.56 Å². The van der Waals surface area contributed by atoms with E-state index in [4.69, 9.17) is 16.3 Å². The third-order valence-corrected chi connectivity index (χ3v) is 4.29. The molecule has 0 saturated carbocycles. The number of aryl methyl sites for hydroxylation is 1. The Morgan fingerprint density at radius 2 is 1.88 bits per heavy atom. The molecule has 3 rings (SSSR count). The second kappa shape index (κ2) is 7.22. The average Bonchev–Trinajstić information content (AvgIpc) is 2.87. The lowest BCUT2D eigenvalue weighted by Crippen LogP contribution is -2.35. The number of nitrogens with zero attached hydrogens (tertiary/aromatic N) is 1. The minimum Gasteiger partial charge on any atom is -0.490 e. The van der Waals surface area contributed by atoms with Gasteiger partial charge in [0.15, 0.2) is 0 Å². The fourth-order valence-electron chi connectivity index (χ4n) is 2.58. The van der Waals surface area contributed by atoms with Crippen LogP contribution in [0.2, 0.25) is 5.02 Å². The molecule has 0 unspecified atom stereocenters. The summed E-state index contributed by atoms with van der Waals surface area (Å²) in [5.74, 6) is -0.284. The molecule has 0 aliphatic carbocycles. The summed E-state index contributed by atoms with van der Waals surface area (Å²) in [5.41, 5.74) is 4.69. The molecule has 6 heteroatoms. The maximum Gasteiger partial charge on any atom is 0.282 e. The highest BCUT2D eigenvalue weighted by atomic mass is 35.5. The zero-order chi connectivity index (χ0) is 18.8. The first-order valence-electron chi connectivity index (χ1n) is 8.26. The summed E-state index contributed by atoms with van der Waals surface area (Å²) in [6, 6.07) is 12.5. The van der Waals surface area contributed by atoms with Crippen molar-refractivity contribution in [3.8, 4) is 5.75 Å². The highest BCUT2D eigenvalue weighted by molar-refractivity contribution is 6.33. The highest BCUT2D eigenvalue weighted by Gasteiger charge is 2.34. The highest BCUT2D eigenvalue weighted by Crippen LogP contribution is 2.28. The van der Waals surface area contributed by atoms with Gasteiger partial charge < -0.3 is 4.74 Å². The van der Waals surface area contributed by atoms with Crippen molar-refractivity contribution < 1.29 is 14.3 Å². The molecule has 134 valence electrons. The zero-order valence-corrected chi connectivity index (χ0v) is 15.5. The Morgan fingerprint density at radius 1 is 1.15 bits per heavy atom. The zero-order valence-electron chi connectivity index (χ0n) is 14.7. The van der Waals surface area contributed by atoms with Crippen molar-refractivity contribution in [3.05, 3.63) is 64.2 Å². The standard InChI is InChI=1S/C20H19ClN2O3/c1-12(2)26-18-7-5-4-6-14(18)10-16-19(24)22-23(20(16)25)15-9-8-13(3)17(21)11-15/h4-12H,1-3H3,(H,22,24). The molecule has 1 saturated heterocycles. The molecule has 2 aromatic rings. The summed E-state index contributed by atoms with van der Waals surface area (Å²) in [6.45, 7) is 5.70. The average molecular weight is 371 g/mol. The van der Waals surface area contributed by atoms with Crippen LogP contribution >= 0.6 is 11.6 Å². The molecule has 1 fully saturated rings. The molecular formula is C20H19ClN2O3. The smallest absolute Gasteiger partial charge is 0.282 e. The summed E-state index contributed by atoms with van der Waals surface area (Å²) in [4.78, 5) is 25.1. The number of carbonyl (C=O) groups excluding carboxylic acids is 2. The molecule has 2 amide bonds. The van der Waals surface area contributed by atoms with Gasteiger partial charge in [0, 0.05) is 10.6 Å². The van der Waals surface area contributed by atoms with Crippen molar-refractivity contribution in [2.24, 2.45) is 0 Å². The van der Waals surface area contributed by atoms with Crippen LogP contribution in [0.3, 0.4) is 0 Å². The molecule has 26 heavy (non-hydrogen) atoms. The molecule has 1 N–H and O–H groups in total. The number of para-hydroxylation sites is 1. The normalized spacial score (nSPS) is 15.7. The van der Waals surface area contributed by atoms with Gasteiger partial charge in [-0.2, -0.15) is 0 Å². The molecule has 1 aliphatic heterocycles. The van der Waals surface area contributed by atoms with Gasteiger partial charge in [-0.1, -0.05) is 35.9 Å². The van der Waals surface area contributed by atoms with Crippen LogP contribution in [0.1, 0.15) is 25.0 Å². The number of amides is 2. The summed E-state index contributed by atoms with van der Waals surface area (Å²) in [7, 11) is 0. The van der Waals surface area contributed by atoms with Gasteiger partial charge in [-0.05, 0) is 50.6 Å². The number of rotatable bonds is 4. The topological polar surface area (TPSA) is 58.6 Å². The van der Waals surface area contributed by atoms with Crippen LogP contribution in [0.5, 0.6) is 5.75 Å². The largest absolute Gasteiger partial charge is 0.490 e. The van der Waals surface area contributed by atoms with E-state index in [1.807, 2.05) is 32.9 Å². The van der Waals surface area contributed by atoms with E-state index in [-0.39, 0.29) is 11.7 Å². The van der Waals surface area contributed by atoms with E-state index >= 15 is 0 Å². The van der Waals surface area contributed by atoms with Crippen molar-refractivity contribution in [3.63, 3.8) is 0 Å². The molecule has 0 atom stereocenters. The van der Waals surface area contributed by atoms with Gasteiger partial charge in [0.2, 0.25) is 0 Å². The Balaban J connectivity index is 1.95. The van der Waals surface area contributed by atoms with E-state index in [1.165, 1.54) is 5.01 Å². The first-order valence-corrected chi connectivity index (χ1v) is 8.63. The third-order valence-electron chi connectivity index (χ3n) is 3.89. The molecule has 0 bridgehead atoms. The van der Waals surface area contributed by atoms with Gasteiger partial charge in [0.1, 0.15) is 11.3 Å². The number of carbonyl (C=O) groups is 2. The molecule has 2 aromatic carbocycles. The van der Waals surface area contributed by atoms with Crippen LogP contribution in [0.4, 0.5) is 5.69 Å². The first-order chi connectivity index (χ1) is 12.4. The van der Waals surface area contributed by atoms with E-state index in [2.05, 4.69) is 5.43 Å². The van der Waals surface area contributed by atoms with E-state index < -0.39 is 11.8 Å². The number of nitrogens with one attached hydrogen (secondary N) is 1. The van der Waals surface area contributed by atoms with Gasteiger partial charge in [-0.25, -0.2) is 5.01 Å². The number of anilines is 1. The minimum atomic E-state index is -0.467. The fraction of sp³-hybridized carbons (Fsp3) is 0.200. The van der Waals surface area contributed by atoms with Crippen LogP contribution in [-0.2, 0) is 9.59 Å². The lowest BCUT2D eigenvalue weighted by molar-refractivity contribution is -0.117. The predicted octanol–water partition coefficient (Wildman–Crippen LogP) is 3.90. The minimum absolute atomic E-state index is 0.0196. The predicted molar refractivity (Wildman–Crippen MR) is 102 cm³/mol. The van der Waals surface area contributed by atoms with Crippen LogP contribution in [-0.4, -0.2) is 17.9 Å². The summed E-state index contributed by atoms with van der Waals surface area (Å²) >= 11 is 6.13. The van der Waals surface area contributed by atoms with Crippen molar-refractivity contribution in [1.82, 2.24) is 5.43 Å². The third kappa shape index (κ3) is 3.58. The summed E-state index contributed by atoms with van der Waals surface area (Å²) in [5, 5.41) is 1.73. The number of hydrazine groups is 1. The fourth-order valence-corrected chi connectivity index (χ4v) is 2.75. The van der Waals surface area contributed by atoms with Gasteiger partial charge in [-0.15, -0.1) is 0 Å².